The lowest BCUT2D eigenvalue weighted by Gasteiger charge is -2.18. The van der Waals surface area contributed by atoms with E-state index in [2.05, 4.69) is 41.6 Å². The Bertz CT molecular complexity index is 666. The quantitative estimate of drug-likeness (QED) is 0.868. The highest BCUT2D eigenvalue weighted by molar-refractivity contribution is 5.92. The first-order valence-corrected chi connectivity index (χ1v) is 7.42. The van der Waals surface area contributed by atoms with Gasteiger partial charge in [-0.05, 0) is 31.4 Å². The minimum Gasteiger partial charge on any atom is -0.336 e. The number of benzene rings is 1. The SMILES string of the molecule is Cc1ccc(C)c(CN(C)C(=O)c2cn3c(n2)CCC3)c1. The predicted molar refractivity (Wildman–Crippen MR) is 82.3 cm³/mol. The van der Waals surface area contributed by atoms with Gasteiger partial charge in [0.1, 0.15) is 11.5 Å². The molecule has 0 atom stereocenters. The second kappa shape index (κ2) is 5.35. The monoisotopic (exact) mass is 283 g/mol. The van der Waals surface area contributed by atoms with Crippen LogP contribution in [0.4, 0.5) is 0 Å². The number of amides is 1. The Labute approximate surface area is 125 Å². The molecule has 0 bridgehead atoms. The molecule has 1 aromatic carbocycles. The van der Waals surface area contributed by atoms with E-state index in [1.54, 1.807) is 4.90 Å². The van der Waals surface area contributed by atoms with Crippen LogP contribution in [0.3, 0.4) is 0 Å². The number of aryl methyl sites for hydroxylation is 4. The molecule has 0 unspecified atom stereocenters. The van der Waals surface area contributed by atoms with Gasteiger partial charge in [-0.2, -0.15) is 0 Å². The highest BCUT2D eigenvalue weighted by Gasteiger charge is 2.20. The first-order valence-electron chi connectivity index (χ1n) is 7.42. The van der Waals surface area contributed by atoms with Crippen LogP contribution in [0.5, 0.6) is 0 Å². The van der Waals surface area contributed by atoms with Gasteiger partial charge < -0.3 is 9.47 Å². The van der Waals surface area contributed by atoms with E-state index in [1.807, 2.05) is 13.2 Å². The van der Waals surface area contributed by atoms with Crippen molar-refractivity contribution in [2.75, 3.05) is 7.05 Å². The number of nitrogens with zero attached hydrogens (tertiary/aromatic N) is 3. The van der Waals surface area contributed by atoms with Crippen LogP contribution in [-0.4, -0.2) is 27.4 Å². The van der Waals surface area contributed by atoms with Crippen LogP contribution in [0.25, 0.3) is 0 Å². The number of hydrogen-bond donors (Lipinski definition) is 0. The molecule has 1 aliphatic rings. The summed E-state index contributed by atoms with van der Waals surface area (Å²) in [4.78, 5) is 18.7. The molecule has 1 aromatic heterocycles. The molecular weight excluding hydrogens is 262 g/mol. The van der Waals surface area contributed by atoms with E-state index in [-0.39, 0.29) is 5.91 Å². The van der Waals surface area contributed by atoms with Crippen molar-refractivity contribution < 1.29 is 4.79 Å². The average molecular weight is 283 g/mol. The summed E-state index contributed by atoms with van der Waals surface area (Å²) in [5.41, 5.74) is 4.19. The summed E-state index contributed by atoms with van der Waals surface area (Å²) in [5, 5.41) is 0. The highest BCUT2D eigenvalue weighted by Crippen LogP contribution is 2.17. The molecule has 0 aliphatic carbocycles. The number of carbonyl (C=O) groups excluding carboxylic acids is 1. The minimum absolute atomic E-state index is 0.00203. The first kappa shape index (κ1) is 13.9. The van der Waals surface area contributed by atoms with E-state index in [0.717, 1.165) is 25.2 Å². The predicted octanol–water partition coefficient (Wildman–Crippen LogP) is 2.72. The van der Waals surface area contributed by atoms with Crippen LogP contribution in [0.2, 0.25) is 0 Å². The van der Waals surface area contributed by atoms with Gasteiger partial charge in [-0.25, -0.2) is 4.98 Å². The Morgan fingerprint density at radius 1 is 1.38 bits per heavy atom. The number of imidazole rings is 1. The first-order chi connectivity index (χ1) is 10.0. The summed E-state index contributed by atoms with van der Waals surface area (Å²) >= 11 is 0. The van der Waals surface area contributed by atoms with Crippen molar-refractivity contribution in [2.45, 2.75) is 39.8 Å². The molecule has 4 nitrogen and oxygen atoms in total. The summed E-state index contributed by atoms with van der Waals surface area (Å²) in [6, 6.07) is 6.35. The van der Waals surface area contributed by atoms with Crippen molar-refractivity contribution in [3.63, 3.8) is 0 Å². The summed E-state index contributed by atoms with van der Waals surface area (Å²) in [7, 11) is 1.84. The van der Waals surface area contributed by atoms with Crippen molar-refractivity contribution in [1.82, 2.24) is 14.5 Å². The van der Waals surface area contributed by atoms with Crippen molar-refractivity contribution >= 4 is 5.91 Å². The minimum atomic E-state index is -0.00203. The zero-order chi connectivity index (χ0) is 15.0. The molecule has 0 N–H and O–H groups in total. The smallest absolute Gasteiger partial charge is 0.274 e. The number of fused-ring (bicyclic) bond motifs is 1. The lowest BCUT2D eigenvalue weighted by Crippen LogP contribution is -2.27. The Balaban J connectivity index is 1.76. The summed E-state index contributed by atoms with van der Waals surface area (Å²) in [6.45, 7) is 5.76. The molecule has 0 fully saturated rings. The van der Waals surface area contributed by atoms with Gasteiger partial charge >= 0.3 is 0 Å². The van der Waals surface area contributed by atoms with E-state index in [1.165, 1.54) is 16.7 Å². The summed E-state index contributed by atoms with van der Waals surface area (Å²) < 4.78 is 2.10. The van der Waals surface area contributed by atoms with E-state index in [4.69, 9.17) is 0 Å². The number of hydrogen-bond acceptors (Lipinski definition) is 2. The fourth-order valence-electron chi connectivity index (χ4n) is 2.85. The van der Waals surface area contributed by atoms with Gasteiger partial charge in [0.2, 0.25) is 0 Å². The van der Waals surface area contributed by atoms with E-state index in [0.29, 0.717) is 12.2 Å². The molecule has 1 amide bonds. The van der Waals surface area contributed by atoms with Crippen molar-refractivity contribution in [1.29, 1.82) is 0 Å². The lowest BCUT2D eigenvalue weighted by atomic mass is 10.1. The van der Waals surface area contributed by atoms with Crippen molar-refractivity contribution in [3.8, 4) is 0 Å². The lowest BCUT2D eigenvalue weighted by molar-refractivity contribution is 0.0779. The third kappa shape index (κ3) is 2.71. The topological polar surface area (TPSA) is 38.1 Å². The molecular formula is C17H21N3O. The summed E-state index contributed by atoms with van der Waals surface area (Å²) in [6.07, 6.45) is 4.01. The second-order valence-electron chi connectivity index (χ2n) is 5.93. The van der Waals surface area contributed by atoms with Crippen molar-refractivity contribution in [2.24, 2.45) is 0 Å². The number of aromatic nitrogens is 2. The largest absolute Gasteiger partial charge is 0.336 e. The van der Waals surface area contributed by atoms with Crippen LogP contribution in [0.1, 0.15) is 39.4 Å². The molecule has 3 rings (SSSR count). The molecule has 1 aliphatic heterocycles. The van der Waals surface area contributed by atoms with Crippen LogP contribution in [-0.2, 0) is 19.5 Å². The van der Waals surface area contributed by atoms with Crippen LogP contribution >= 0.6 is 0 Å². The molecule has 2 heterocycles. The Kier molecular flexibility index (Phi) is 3.53. The molecule has 21 heavy (non-hydrogen) atoms. The third-order valence-corrected chi connectivity index (χ3v) is 4.14. The zero-order valence-corrected chi connectivity index (χ0v) is 12.9. The van der Waals surface area contributed by atoms with E-state index >= 15 is 0 Å². The highest BCUT2D eigenvalue weighted by atomic mass is 16.2. The van der Waals surface area contributed by atoms with E-state index in [9.17, 15) is 4.79 Å². The maximum absolute atomic E-state index is 12.5. The molecule has 0 radical (unpaired) electrons. The fourth-order valence-corrected chi connectivity index (χ4v) is 2.85. The molecule has 0 saturated carbocycles. The Morgan fingerprint density at radius 3 is 2.95 bits per heavy atom. The van der Waals surface area contributed by atoms with E-state index < -0.39 is 0 Å². The maximum atomic E-state index is 12.5. The van der Waals surface area contributed by atoms with Gasteiger partial charge in [0.25, 0.3) is 5.91 Å². The van der Waals surface area contributed by atoms with Crippen LogP contribution in [0.15, 0.2) is 24.4 Å². The number of carbonyl (C=O) groups is 1. The standard InChI is InChI=1S/C17H21N3O/c1-12-6-7-13(2)14(9-12)10-19(3)17(21)15-11-20-8-4-5-16(20)18-15/h6-7,9,11H,4-5,8,10H2,1-3H3. The van der Waals surface area contributed by atoms with Gasteiger partial charge in [-0.15, -0.1) is 0 Å². The van der Waals surface area contributed by atoms with Gasteiger partial charge in [-0.1, -0.05) is 23.8 Å². The van der Waals surface area contributed by atoms with Gasteiger partial charge in [0, 0.05) is 32.8 Å². The van der Waals surface area contributed by atoms with Gasteiger partial charge in [0.15, 0.2) is 0 Å². The van der Waals surface area contributed by atoms with Crippen LogP contribution < -0.4 is 0 Å². The summed E-state index contributed by atoms with van der Waals surface area (Å²) in [5.74, 6) is 1.04. The van der Waals surface area contributed by atoms with Crippen molar-refractivity contribution in [3.05, 3.63) is 52.6 Å². The average Bonchev–Trinajstić information content (AvgIpc) is 3.03. The molecule has 0 spiro atoms. The van der Waals surface area contributed by atoms with Gasteiger partial charge in [-0.3, -0.25) is 4.79 Å². The number of rotatable bonds is 3. The third-order valence-electron chi connectivity index (χ3n) is 4.14. The maximum Gasteiger partial charge on any atom is 0.274 e. The Hall–Kier alpha value is -2.10. The molecule has 4 heteroatoms. The normalized spacial score (nSPS) is 13.3. The zero-order valence-electron chi connectivity index (χ0n) is 12.9. The van der Waals surface area contributed by atoms with Crippen LogP contribution in [0, 0.1) is 13.8 Å². The second-order valence-corrected chi connectivity index (χ2v) is 5.93. The molecule has 110 valence electrons. The molecule has 0 saturated heterocycles. The Morgan fingerprint density at radius 2 is 2.19 bits per heavy atom. The fraction of sp³-hybridized carbons (Fsp3) is 0.412. The van der Waals surface area contributed by atoms with Gasteiger partial charge in [0.05, 0.1) is 0 Å². The molecule has 2 aromatic rings.